The molecule has 0 aliphatic rings. The number of fused-ring (bicyclic) bond motifs is 1. The number of furan rings is 1. The minimum atomic E-state index is -5.04. The van der Waals surface area contributed by atoms with Gasteiger partial charge in [-0.25, -0.2) is 0 Å². The highest BCUT2D eigenvalue weighted by Crippen LogP contribution is 2.47. The molecule has 27 heavy (non-hydrogen) atoms. The Labute approximate surface area is 156 Å². The molecule has 2 atom stereocenters. The van der Waals surface area contributed by atoms with Crippen molar-refractivity contribution in [1.82, 2.24) is 0 Å². The summed E-state index contributed by atoms with van der Waals surface area (Å²) >= 11 is 0. The molecule has 3 rings (SSSR count). The SMILES string of the molecule is O=P(O)(O)C(CCC(c1ccccc1)c1occ2ccccc12)S(=O)(=O)O. The molecule has 0 saturated carbocycles. The minimum absolute atomic E-state index is 0.0666. The number of hydrogen-bond acceptors (Lipinski definition) is 4. The molecule has 144 valence electrons. The lowest BCUT2D eigenvalue weighted by Gasteiger charge is -2.20. The molecule has 3 aromatic rings. The van der Waals surface area contributed by atoms with E-state index in [1.54, 1.807) is 6.26 Å². The zero-order valence-electron chi connectivity index (χ0n) is 14.2. The van der Waals surface area contributed by atoms with Gasteiger partial charge in [0.2, 0.25) is 0 Å². The predicted octanol–water partition coefficient (Wildman–Crippen LogP) is 3.74. The van der Waals surface area contributed by atoms with Gasteiger partial charge in [0.25, 0.3) is 10.1 Å². The maximum absolute atomic E-state index is 11.6. The second-order valence-corrected chi connectivity index (χ2v) is 10.0. The van der Waals surface area contributed by atoms with Crippen LogP contribution in [0.2, 0.25) is 0 Å². The Kier molecular flexibility index (Phi) is 5.55. The molecule has 0 aliphatic heterocycles. The largest absolute Gasteiger partial charge is 0.467 e. The van der Waals surface area contributed by atoms with E-state index in [0.29, 0.717) is 5.76 Å². The number of rotatable bonds is 7. The van der Waals surface area contributed by atoms with Gasteiger partial charge in [-0.05, 0) is 18.4 Å². The molecule has 2 aromatic carbocycles. The first-order chi connectivity index (χ1) is 12.7. The van der Waals surface area contributed by atoms with Crippen molar-refractivity contribution in [3.05, 3.63) is 72.2 Å². The molecular formula is C18H19O7PS. The van der Waals surface area contributed by atoms with Gasteiger partial charge in [0.1, 0.15) is 5.76 Å². The Morgan fingerprint density at radius 2 is 1.59 bits per heavy atom. The third kappa shape index (κ3) is 4.48. The van der Waals surface area contributed by atoms with Crippen molar-refractivity contribution < 1.29 is 31.7 Å². The minimum Gasteiger partial charge on any atom is -0.467 e. The summed E-state index contributed by atoms with van der Waals surface area (Å²) in [5, 5.41) is 1.71. The second kappa shape index (κ2) is 7.58. The molecule has 0 radical (unpaired) electrons. The third-order valence-electron chi connectivity index (χ3n) is 4.48. The summed E-state index contributed by atoms with van der Waals surface area (Å²) in [5.41, 5.74) is 0.817. The summed E-state index contributed by atoms with van der Waals surface area (Å²) < 4.78 is 49.5. The van der Waals surface area contributed by atoms with Gasteiger partial charge in [-0.2, -0.15) is 8.42 Å². The van der Waals surface area contributed by atoms with Crippen LogP contribution >= 0.6 is 7.60 Å². The zero-order chi connectivity index (χ0) is 19.7. The van der Waals surface area contributed by atoms with Gasteiger partial charge in [0, 0.05) is 16.7 Å². The van der Waals surface area contributed by atoms with Crippen LogP contribution < -0.4 is 0 Å². The van der Waals surface area contributed by atoms with Crippen molar-refractivity contribution in [3.63, 3.8) is 0 Å². The fourth-order valence-electron chi connectivity index (χ4n) is 3.22. The number of hydrogen-bond donors (Lipinski definition) is 3. The van der Waals surface area contributed by atoms with Crippen LogP contribution in [0.25, 0.3) is 10.8 Å². The van der Waals surface area contributed by atoms with Gasteiger partial charge in [0.15, 0.2) is 4.99 Å². The fourth-order valence-corrected chi connectivity index (χ4v) is 5.53. The summed E-state index contributed by atoms with van der Waals surface area (Å²) in [6, 6.07) is 16.6. The van der Waals surface area contributed by atoms with Crippen LogP contribution in [0.15, 0.2) is 65.3 Å². The lowest BCUT2D eigenvalue weighted by Crippen LogP contribution is -2.21. The molecule has 3 N–H and O–H groups in total. The van der Waals surface area contributed by atoms with E-state index >= 15 is 0 Å². The maximum Gasteiger partial charge on any atom is 0.346 e. The van der Waals surface area contributed by atoms with Gasteiger partial charge in [-0.15, -0.1) is 0 Å². The standard InChI is InChI=1S/C18H19O7PS/c19-26(20,21)17(27(22,23)24)11-10-16(13-6-2-1-3-7-13)18-15-9-5-4-8-14(15)12-25-18/h1-9,12,16-17H,10-11H2,(H2,19,20,21)(H,22,23,24). The lowest BCUT2D eigenvalue weighted by atomic mass is 9.90. The van der Waals surface area contributed by atoms with Crippen LogP contribution in [0.4, 0.5) is 0 Å². The molecule has 7 nitrogen and oxygen atoms in total. The van der Waals surface area contributed by atoms with Crippen LogP contribution in [0.5, 0.6) is 0 Å². The van der Waals surface area contributed by atoms with Gasteiger partial charge >= 0.3 is 7.60 Å². The molecule has 0 bridgehead atoms. The second-order valence-electron chi connectivity index (χ2n) is 6.29. The smallest absolute Gasteiger partial charge is 0.346 e. The van der Waals surface area contributed by atoms with Gasteiger partial charge in [-0.1, -0.05) is 54.6 Å². The van der Waals surface area contributed by atoms with Crippen molar-refractivity contribution in [3.8, 4) is 0 Å². The molecule has 1 heterocycles. The Morgan fingerprint density at radius 3 is 2.22 bits per heavy atom. The van der Waals surface area contributed by atoms with Crippen molar-refractivity contribution in [2.75, 3.05) is 0 Å². The van der Waals surface area contributed by atoms with Crippen molar-refractivity contribution >= 4 is 28.5 Å². The van der Waals surface area contributed by atoms with Crippen LogP contribution in [0.3, 0.4) is 0 Å². The Balaban J connectivity index is 2.00. The van der Waals surface area contributed by atoms with E-state index in [0.717, 1.165) is 16.3 Å². The summed E-state index contributed by atoms with van der Waals surface area (Å²) in [7, 11) is -9.94. The summed E-state index contributed by atoms with van der Waals surface area (Å²) in [4.78, 5) is 16.5. The molecule has 0 amide bonds. The molecule has 0 fully saturated rings. The summed E-state index contributed by atoms with van der Waals surface area (Å²) in [6.45, 7) is 0. The molecule has 0 saturated heterocycles. The topological polar surface area (TPSA) is 125 Å². The van der Waals surface area contributed by atoms with Crippen LogP contribution in [0.1, 0.15) is 30.1 Å². The Hall–Kier alpha value is -1.96. The first-order valence-electron chi connectivity index (χ1n) is 8.20. The molecular weight excluding hydrogens is 391 g/mol. The van der Waals surface area contributed by atoms with Crippen molar-refractivity contribution in [2.24, 2.45) is 0 Å². The first kappa shape index (κ1) is 19.8. The molecule has 9 heteroatoms. The normalized spacial score (nSPS) is 14.9. The van der Waals surface area contributed by atoms with Crippen molar-refractivity contribution in [2.45, 2.75) is 23.8 Å². The van der Waals surface area contributed by atoms with E-state index in [4.69, 9.17) is 4.42 Å². The first-order valence-corrected chi connectivity index (χ1v) is 11.4. The predicted molar refractivity (Wildman–Crippen MR) is 101 cm³/mol. The van der Waals surface area contributed by atoms with Crippen molar-refractivity contribution in [1.29, 1.82) is 0 Å². The third-order valence-corrected chi connectivity index (χ3v) is 8.03. The van der Waals surface area contributed by atoms with Gasteiger partial charge in [0.05, 0.1) is 6.26 Å². The van der Waals surface area contributed by atoms with E-state index in [2.05, 4.69) is 0 Å². The Morgan fingerprint density at radius 1 is 0.963 bits per heavy atom. The van der Waals surface area contributed by atoms with Crippen LogP contribution in [-0.2, 0) is 14.7 Å². The highest BCUT2D eigenvalue weighted by Gasteiger charge is 2.40. The average Bonchev–Trinajstić information content (AvgIpc) is 3.01. The molecule has 0 aliphatic carbocycles. The van der Waals surface area contributed by atoms with Gasteiger partial charge < -0.3 is 14.2 Å². The molecule has 0 spiro atoms. The monoisotopic (exact) mass is 410 g/mol. The zero-order valence-corrected chi connectivity index (χ0v) is 15.9. The fraction of sp³-hybridized carbons (Fsp3) is 0.222. The highest BCUT2D eigenvalue weighted by molar-refractivity contribution is 7.93. The van der Waals surface area contributed by atoms with Crippen LogP contribution in [0, 0.1) is 0 Å². The quantitative estimate of drug-likeness (QED) is 0.400. The highest BCUT2D eigenvalue weighted by atomic mass is 32.2. The van der Waals surface area contributed by atoms with E-state index in [9.17, 15) is 27.3 Å². The number of benzene rings is 2. The summed E-state index contributed by atoms with van der Waals surface area (Å²) in [5.74, 6) is 0.151. The lowest BCUT2D eigenvalue weighted by molar-refractivity contribution is 0.358. The molecule has 2 unspecified atom stereocenters. The maximum atomic E-state index is 11.6. The Bertz CT molecular complexity index is 1070. The van der Waals surface area contributed by atoms with E-state index in [1.165, 1.54) is 0 Å². The average molecular weight is 410 g/mol. The van der Waals surface area contributed by atoms with Gasteiger partial charge in [-0.3, -0.25) is 9.12 Å². The van der Waals surface area contributed by atoms with E-state index in [1.807, 2.05) is 54.6 Å². The van der Waals surface area contributed by atoms with E-state index in [-0.39, 0.29) is 6.42 Å². The van der Waals surface area contributed by atoms with Crippen LogP contribution in [-0.4, -0.2) is 27.7 Å². The molecule has 1 aromatic heterocycles. The summed E-state index contributed by atoms with van der Waals surface area (Å²) in [6.07, 6.45) is 1.23. The van der Waals surface area contributed by atoms with E-state index < -0.39 is 35.0 Å².